The molecule has 3 heterocycles. The van der Waals surface area contributed by atoms with E-state index < -0.39 is 41.8 Å². The molecule has 2 aliphatic heterocycles. The van der Waals surface area contributed by atoms with E-state index in [0.717, 1.165) is 0 Å². The molecule has 1 saturated heterocycles. The van der Waals surface area contributed by atoms with E-state index in [4.69, 9.17) is 21.1 Å². The first kappa shape index (κ1) is 30.9. The number of nitrogens with zero attached hydrogens (tertiary/aromatic N) is 4. The van der Waals surface area contributed by atoms with Crippen molar-refractivity contribution in [3.63, 3.8) is 0 Å². The topological polar surface area (TPSA) is 121 Å². The molecule has 11 heteroatoms. The summed E-state index contributed by atoms with van der Waals surface area (Å²) in [6.07, 6.45) is 3.34. The molecule has 2 unspecified atom stereocenters. The van der Waals surface area contributed by atoms with Crippen LogP contribution in [0.2, 0.25) is 5.02 Å². The highest BCUT2D eigenvalue weighted by molar-refractivity contribution is 6.30. The maximum absolute atomic E-state index is 16.9. The Hall–Kier alpha value is -4.11. The first-order chi connectivity index (χ1) is 21.7. The number of benzene rings is 3. The second-order valence-corrected chi connectivity index (χ2v) is 11.8. The Balaban J connectivity index is 1.63. The lowest BCUT2D eigenvalue weighted by molar-refractivity contribution is -0.161. The first-order valence-corrected chi connectivity index (χ1v) is 15.1. The van der Waals surface area contributed by atoms with E-state index in [9.17, 15) is 20.3 Å². The van der Waals surface area contributed by atoms with Gasteiger partial charge in [-0.05, 0) is 60.4 Å². The summed E-state index contributed by atoms with van der Waals surface area (Å²) in [5.74, 6) is -1.38. The number of aryl methyl sites for hydroxylation is 1. The molecule has 4 atom stereocenters. The van der Waals surface area contributed by atoms with Gasteiger partial charge in [0.05, 0.1) is 60.1 Å². The number of imidazole rings is 1. The summed E-state index contributed by atoms with van der Waals surface area (Å²) in [5.41, 5.74) is -1.82. The Bertz CT molecular complexity index is 1770. The van der Waals surface area contributed by atoms with Crippen LogP contribution in [0, 0.1) is 17.1 Å². The van der Waals surface area contributed by atoms with E-state index in [1.54, 1.807) is 79.6 Å². The second-order valence-electron chi connectivity index (χ2n) is 11.4. The fourth-order valence-electron chi connectivity index (χ4n) is 6.38. The number of aliphatic hydroxyl groups excluding tert-OH is 1. The van der Waals surface area contributed by atoms with E-state index in [1.165, 1.54) is 17.0 Å². The Labute approximate surface area is 265 Å². The number of aromatic nitrogens is 2. The molecule has 3 aromatic carbocycles. The van der Waals surface area contributed by atoms with E-state index in [0.29, 0.717) is 40.4 Å². The van der Waals surface area contributed by atoms with Gasteiger partial charge in [0.2, 0.25) is 5.72 Å². The number of halogens is 2. The number of fused-ring (bicyclic) bond motifs is 1. The van der Waals surface area contributed by atoms with Gasteiger partial charge in [0.1, 0.15) is 11.4 Å². The van der Waals surface area contributed by atoms with E-state index in [-0.39, 0.29) is 29.7 Å². The average Bonchev–Trinajstić information content (AvgIpc) is 3.79. The van der Waals surface area contributed by atoms with Crippen molar-refractivity contribution in [2.75, 3.05) is 19.8 Å². The van der Waals surface area contributed by atoms with Crippen molar-refractivity contribution >= 4 is 17.5 Å². The number of ether oxygens (including phenoxy) is 2. The highest BCUT2D eigenvalue weighted by Crippen LogP contribution is 2.52. The first-order valence-electron chi connectivity index (χ1n) is 14.7. The van der Waals surface area contributed by atoms with Crippen LogP contribution in [-0.4, -0.2) is 56.5 Å². The SMILES string of the molecule is CCC(O)(c1cc(F)c2c(c1)C(=O)N(C(CO)c1ccc(C#N)cc1)[C@@]2(O[C@H]1CCOC1)c1ccc(Cl)cc1)c1cn(C)cn1. The van der Waals surface area contributed by atoms with Crippen molar-refractivity contribution in [3.8, 4) is 6.07 Å². The molecule has 45 heavy (non-hydrogen) atoms. The Kier molecular flexibility index (Phi) is 8.24. The summed E-state index contributed by atoms with van der Waals surface area (Å²) in [6, 6.07) is 16.9. The second kappa shape index (κ2) is 12.0. The molecule has 1 fully saturated rings. The monoisotopic (exact) mass is 630 g/mol. The fourth-order valence-corrected chi connectivity index (χ4v) is 6.50. The highest BCUT2D eigenvalue weighted by atomic mass is 35.5. The number of amides is 1. The van der Waals surface area contributed by atoms with Crippen LogP contribution < -0.4 is 0 Å². The van der Waals surface area contributed by atoms with Gasteiger partial charge in [0, 0.05) is 30.4 Å². The summed E-state index contributed by atoms with van der Waals surface area (Å²) in [4.78, 5) is 20.4. The van der Waals surface area contributed by atoms with Crippen LogP contribution in [0.25, 0.3) is 0 Å². The molecule has 0 saturated carbocycles. The predicted molar refractivity (Wildman–Crippen MR) is 163 cm³/mol. The zero-order valence-electron chi connectivity index (χ0n) is 24.8. The van der Waals surface area contributed by atoms with Gasteiger partial charge in [-0.15, -0.1) is 0 Å². The highest BCUT2D eigenvalue weighted by Gasteiger charge is 2.58. The molecule has 0 radical (unpaired) electrons. The van der Waals surface area contributed by atoms with Crippen molar-refractivity contribution in [1.29, 1.82) is 5.26 Å². The van der Waals surface area contributed by atoms with E-state index in [2.05, 4.69) is 11.1 Å². The molecule has 6 rings (SSSR count). The standard InChI is InChI=1S/C34H32ClFN4O5/c1-3-33(43,30-17-39(2)20-38-30)24-14-27-31(28(36)15-24)34(45-26-12-13-44-19-26,23-8-10-25(35)11-9-23)40(32(27)42)29(18-41)22-6-4-21(16-37)5-7-22/h4-11,14-15,17,20,26,29,41,43H,3,12-13,18-19H2,1-2H3/t26-,29?,33?,34+/m0/s1. The van der Waals surface area contributed by atoms with E-state index in [1.807, 2.05) is 0 Å². The maximum Gasteiger partial charge on any atom is 0.257 e. The number of nitriles is 1. The molecule has 232 valence electrons. The number of hydrogen-bond acceptors (Lipinski definition) is 7. The van der Waals surface area contributed by atoms with Crippen molar-refractivity contribution in [3.05, 3.63) is 123 Å². The minimum absolute atomic E-state index is 0.0197. The number of hydrogen-bond donors (Lipinski definition) is 2. The lowest BCUT2D eigenvalue weighted by Crippen LogP contribution is -2.51. The molecule has 1 amide bonds. The van der Waals surface area contributed by atoms with Crippen LogP contribution in [-0.2, 0) is 27.8 Å². The smallest absolute Gasteiger partial charge is 0.257 e. The van der Waals surface area contributed by atoms with Gasteiger partial charge in [-0.2, -0.15) is 5.26 Å². The number of carbonyl (C=O) groups is 1. The molecular weight excluding hydrogens is 599 g/mol. The molecular formula is C34H32ClFN4O5. The summed E-state index contributed by atoms with van der Waals surface area (Å²) in [5, 5.41) is 32.6. The van der Waals surface area contributed by atoms with Gasteiger partial charge < -0.3 is 24.3 Å². The summed E-state index contributed by atoms with van der Waals surface area (Å²) >= 11 is 6.27. The molecule has 1 aromatic heterocycles. The summed E-state index contributed by atoms with van der Waals surface area (Å²) in [7, 11) is 1.76. The predicted octanol–water partition coefficient (Wildman–Crippen LogP) is 4.93. The van der Waals surface area contributed by atoms with Crippen LogP contribution in [0.1, 0.15) is 69.7 Å². The van der Waals surface area contributed by atoms with Crippen molar-refractivity contribution in [2.24, 2.45) is 7.05 Å². The Morgan fingerprint density at radius 2 is 1.98 bits per heavy atom. The van der Waals surface area contributed by atoms with Crippen molar-refractivity contribution < 1.29 is 28.9 Å². The Morgan fingerprint density at radius 3 is 2.56 bits per heavy atom. The number of aliphatic hydroxyl groups is 2. The quantitative estimate of drug-likeness (QED) is 0.269. The molecule has 0 bridgehead atoms. The average molecular weight is 631 g/mol. The number of rotatable bonds is 9. The molecule has 2 aliphatic rings. The molecule has 4 aromatic rings. The normalized spacial score (nSPS) is 21.4. The lowest BCUT2D eigenvalue weighted by Gasteiger charge is -2.44. The Morgan fingerprint density at radius 1 is 1.24 bits per heavy atom. The van der Waals surface area contributed by atoms with Crippen molar-refractivity contribution in [2.45, 2.75) is 43.2 Å². The van der Waals surface area contributed by atoms with Crippen LogP contribution in [0.3, 0.4) is 0 Å². The largest absolute Gasteiger partial charge is 0.394 e. The summed E-state index contributed by atoms with van der Waals surface area (Å²) in [6.45, 7) is 1.87. The third kappa shape index (κ3) is 5.11. The summed E-state index contributed by atoms with van der Waals surface area (Å²) < 4.78 is 31.0. The van der Waals surface area contributed by atoms with Gasteiger partial charge in [-0.1, -0.05) is 42.8 Å². The zero-order chi connectivity index (χ0) is 31.9. The van der Waals surface area contributed by atoms with Gasteiger partial charge >= 0.3 is 0 Å². The van der Waals surface area contributed by atoms with Gasteiger partial charge in [-0.3, -0.25) is 9.69 Å². The van der Waals surface area contributed by atoms with Crippen LogP contribution in [0.15, 0.2) is 73.2 Å². The molecule has 0 spiro atoms. The van der Waals surface area contributed by atoms with Gasteiger partial charge in [-0.25, -0.2) is 9.37 Å². The van der Waals surface area contributed by atoms with Crippen LogP contribution >= 0.6 is 11.6 Å². The van der Waals surface area contributed by atoms with Crippen molar-refractivity contribution in [1.82, 2.24) is 14.5 Å². The van der Waals surface area contributed by atoms with E-state index >= 15 is 4.39 Å². The number of carbonyl (C=O) groups excluding carboxylic acids is 1. The molecule has 2 N–H and O–H groups in total. The third-order valence-electron chi connectivity index (χ3n) is 8.71. The fraction of sp³-hybridized carbons (Fsp3) is 0.324. The van der Waals surface area contributed by atoms with Gasteiger partial charge in [0.15, 0.2) is 0 Å². The van der Waals surface area contributed by atoms with Gasteiger partial charge in [0.25, 0.3) is 5.91 Å². The molecule has 9 nitrogen and oxygen atoms in total. The third-order valence-corrected chi connectivity index (χ3v) is 8.96. The zero-order valence-corrected chi connectivity index (χ0v) is 25.5. The lowest BCUT2D eigenvalue weighted by atomic mass is 9.84. The molecule has 0 aliphatic carbocycles. The maximum atomic E-state index is 16.9. The minimum Gasteiger partial charge on any atom is -0.394 e. The van der Waals surface area contributed by atoms with Crippen LogP contribution in [0.5, 0.6) is 0 Å². The minimum atomic E-state index is -1.85. The van der Waals surface area contributed by atoms with Crippen LogP contribution in [0.4, 0.5) is 4.39 Å².